The third-order valence-corrected chi connectivity index (χ3v) is 6.73. The van der Waals surface area contributed by atoms with Gasteiger partial charge < -0.3 is 0 Å². The molecule has 0 aromatic heterocycles. The van der Waals surface area contributed by atoms with E-state index in [1.165, 1.54) is 10.5 Å². The summed E-state index contributed by atoms with van der Waals surface area (Å²) in [7, 11) is 0. The zero-order chi connectivity index (χ0) is 25.2. The lowest BCUT2D eigenvalue weighted by molar-refractivity contribution is 0.103. The standard InChI is InChI=1S/C20H16OS.C13H10O/c1-15-7-5-6-10-19(15)22-18-13-11-17(12-14-18)20(21)16-8-3-2-4-9-16;14-13(11-7-3-1-4-8-11)12-9-5-2-6-10-12/h2-14H,1H3;1-10H. The van der Waals surface area contributed by atoms with Crippen LogP contribution in [0.15, 0.2) is 149 Å². The van der Waals surface area contributed by atoms with Crippen molar-refractivity contribution in [3.8, 4) is 0 Å². The van der Waals surface area contributed by atoms with Gasteiger partial charge in [0.1, 0.15) is 0 Å². The topological polar surface area (TPSA) is 34.1 Å². The van der Waals surface area contributed by atoms with Gasteiger partial charge in [0, 0.05) is 32.0 Å². The Morgan fingerprint density at radius 2 is 0.806 bits per heavy atom. The van der Waals surface area contributed by atoms with Gasteiger partial charge in [-0.15, -0.1) is 0 Å². The Hall–Kier alpha value is -4.21. The Kier molecular flexibility index (Phi) is 8.63. The predicted molar refractivity (Wildman–Crippen MR) is 148 cm³/mol. The van der Waals surface area contributed by atoms with Gasteiger partial charge in [-0.05, 0) is 42.8 Å². The van der Waals surface area contributed by atoms with Gasteiger partial charge in [0.25, 0.3) is 0 Å². The van der Waals surface area contributed by atoms with Crippen LogP contribution in [0.2, 0.25) is 0 Å². The van der Waals surface area contributed by atoms with Gasteiger partial charge in [0.05, 0.1) is 0 Å². The molecule has 0 saturated heterocycles. The highest BCUT2D eigenvalue weighted by Gasteiger charge is 2.09. The first-order valence-corrected chi connectivity index (χ1v) is 12.5. The summed E-state index contributed by atoms with van der Waals surface area (Å²) in [6.07, 6.45) is 0. The normalized spacial score (nSPS) is 10.1. The van der Waals surface area contributed by atoms with E-state index in [1.807, 2.05) is 127 Å². The Morgan fingerprint density at radius 1 is 0.444 bits per heavy atom. The smallest absolute Gasteiger partial charge is 0.193 e. The zero-order valence-corrected chi connectivity index (χ0v) is 20.8. The number of carbonyl (C=O) groups is 2. The van der Waals surface area contributed by atoms with Crippen LogP contribution >= 0.6 is 11.8 Å². The van der Waals surface area contributed by atoms with Crippen LogP contribution in [-0.2, 0) is 0 Å². The second-order valence-corrected chi connectivity index (χ2v) is 9.26. The molecule has 0 atom stereocenters. The first-order chi connectivity index (χ1) is 17.6. The van der Waals surface area contributed by atoms with Crippen LogP contribution in [0.5, 0.6) is 0 Å². The number of rotatable bonds is 6. The first-order valence-electron chi connectivity index (χ1n) is 11.7. The summed E-state index contributed by atoms with van der Waals surface area (Å²) in [6, 6.07) is 44.1. The van der Waals surface area contributed by atoms with Crippen molar-refractivity contribution in [3.05, 3.63) is 167 Å². The highest BCUT2D eigenvalue weighted by atomic mass is 32.2. The highest BCUT2D eigenvalue weighted by molar-refractivity contribution is 7.99. The largest absolute Gasteiger partial charge is 0.289 e. The number of ketones is 2. The van der Waals surface area contributed by atoms with Gasteiger partial charge in [0.2, 0.25) is 0 Å². The molecule has 5 aromatic carbocycles. The Bertz CT molecular complexity index is 1370. The van der Waals surface area contributed by atoms with Crippen LogP contribution in [-0.4, -0.2) is 11.6 Å². The quantitative estimate of drug-likeness (QED) is 0.226. The van der Waals surface area contributed by atoms with Crippen LogP contribution in [0.4, 0.5) is 0 Å². The van der Waals surface area contributed by atoms with Gasteiger partial charge in [-0.2, -0.15) is 0 Å². The molecular weight excluding hydrogens is 460 g/mol. The summed E-state index contributed by atoms with van der Waals surface area (Å²) in [5.41, 5.74) is 4.18. The minimum atomic E-state index is 0.0630. The molecule has 176 valence electrons. The maximum absolute atomic E-state index is 12.4. The van der Waals surface area contributed by atoms with Gasteiger partial charge >= 0.3 is 0 Å². The fourth-order valence-corrected chi connectivity index (χ4v) is 4.48. The molecule has 2 nitrogen and oxygen atoms in total. The number of hydrogen-bond donors (Lipinski definition) is 0. The number of hydrogen-bond acceptors (Lipinski definition) is 3. The third kappa shape index (κ3) is 6.68. The van der Waals surface area contributed by atoms with E-state index in [9.17, 15) is 9.59 Å². The molecule has 0 aliphatic rings. The first kappa shape index (κ1) is 24.9. The fourth-order valence-electron chi connectivity index (χ4n) is 3.57. The Balaban J connectivity index is 0.000000187. The third-order valence-electron chi connectivity index (χ3n) is 5.55. The molecule has 0 saturated carbocycles. The van der Waals surface area contributed by atoms with Crippen molar-refractivity contribution in [1.29, 1.82) is 0 Å². The summed E-state index contributed by atoms with van der Waals surface area (Å²) in [5.74, 6) is 0.138. The lowest BCUT2D eigenvalue weighted by Crippen LogP contribution is -2.00. The lowest BCUT2D eigenvalue weighted by atomic mass is 10.0. The number of aryl methyl sites for hydroxylation is 1. The lowest BCUT2D eigenvalue weighted by Gasteiger charge is -2.06. The van der Waals surface area contributed by atoms with Crippen molar-refractivity contribution in [3.63, 3.8) is 0 Å². The van der Waals surface area contributed by atoms with Crippen LogP contribution in [0, 0.1) is 6.92 Å². The minimum Gasteiger partial charge on any atom is -0.289 e. The molecule has 0 heterocycles. The molecule has 0 bridgehead atoms. The van der Waals surface area contributed by atoms with Crippen LogP contribution in [0.25, 0.3) is 0 Å². The average Bonchev–Trinajstić information content (AvgIpc) is 2.96. The molecule has 0 amide bonds. The second-order valence-electron chi connectivity index (χ2n) is 8.15. The van der Waals surface area contributed by atoms with Crippen molar-refractivity contribution < 1.29 is 9.59 Å². The average molecular weight is 487 g/mol. The summed E-state index contributed by atoms with van der Waals surface area (Å²) in [5, 5.41) is 0. The van der Waals surface area contributed by atoms with E-state index < -0.39 is 0 Å². The zero-order valence-electron chi connectivity index (χ0n) is 20.0. The Morgan fingerprint density at radius 3 is 1.22 bits per heavy atom. The minimum absolute atomic E-state index is 0.0630. The molecule has 36 heavy (non-hydrogen) atoms. The molecule has 5 aromatic rings. The number of carbonyl (C=O) groups excluding carboxylic acids is 2. The molecule has 0 radical (unpaired) electrons. The van der Waals surface area contributed by atoms with E-state index in [0.29, 0.717) is 0 Å². The Labute approximate surface area is 216 Å². The van der Waals surface area contributed by atoms with Gasteiger partial charge in [-0.3, -0.25) is 9.59 Å². The van der Waals surface area contributed by atoms with E-state index in [-0.39, 0.29) is 11.6 Å². The molecule has 0 aliphatic heterocycles. The molecule has 0 unspecified atom stereocenters. The SMILES string of the molecule is Cc1ccccc1Sc1ccc(C(=O)c2ccccc2)cc1.O=C(c1ccccc1)c1ccccc1. The molecule has 5 rings (SSSR count). The van der Waals surface area contributed by atoms with Gasteiger partial charge in [-0.25, -0.2) is 0 Å². The number of benzene rings is 5. The summed E-state index contributed by atoms with van der Waals surface area (Å²) in [4.78, 5) is 26.6. The van der Waals surface area contributed by atoms with Crippen LogP contribution in [0.1, 0.15) is 37.4 Å². The van der Waals surface area contributed by atoms with E-state index in [1.54, 1.807) is 11.8 Å². The molecular formula is C33H26O2S. The molecule has 0 spiro atoms. The van der Waals surface area contributed by atoms with E-state index in [0.717, 1.165) is 27.1 Å². The van der Waals surface area contributed by atoms with Crippen LogP contribution < -0.4 is 0 Å². The molecule has 0 N–H and O–H groups in total. The summed E-state index contributed by atoms with van der Waals surface area (Å²) < 4.78 is 0. The van der Waals surface area contributed by atoms with E-state index in [2.05, 4.69) is 19.1 Å². The maximum atomic E-state index is 12.4. The molecule has 0 aliphatic carbocycles. The van der Waals surface area contributed by atoms with E-state index in [4.69, 9.17) is 0 Å². The van der Waals surface area contributed by atoms with Gasteiger partial charge in [-0.1, -0.05) is 121 Å². The van der Waals surface area contributed by atoms with E-state index >= 15 is 0 Å². The summed E-state index contributed by atoms with van der Waals surface area (Å²) in [6.45, 7) is 2.11. The van der Waals surface area contributed by atoms with Crippen molar-refractivity contribution in [2.24, 2.45) is 0 Å². The predicted octanol–water partition coefficient (Wildman–Crippen LogP) is 8.29. The van der Waals surface area contributed by atoms with Crippen molar-refractivity contribution >= 4 is 23.3 Å². The fraction of sp³-hybridized carbons (Fsp3) is 0.0303. The van der Waals surface area contributed by atoms with Gasteiger partial charge in [0.15, 0.2) is 11.6 Å². The second kappa shape index (κ2) is 12.5. The van der Waals surface area contributed by atoms with Crippen molar-refractivity contribution in [2.45, 2.75) is 16.7 Å². The summed E-state index contributed by atoms with van der Waals surface area (Å²) >= 11 is 1.72. The van der Waals surface area contributed by atoms with Crippen molar-refractivity contribution in [1.82, 2.24) is 0 Å². The monoisotopic (exact) mass is 486 g/mol. The maximum Gasteiger partial charge on any atom is 0.193 e. The molecule has 3 heteroatoms. The van der Waals surface area contributed by atoms with Crippen molar-refractivity contribution in [2.75, 3.05) is 0 Å². The highest BCUT2D eigenvalue weighted by Crippen LogP contribution is 2.30. The van der Waals surface area contributed by atoms with Crippen LogP contribution in [0.3, 0.4) is 0 Å². The molecule has 0 fully saturated rings.